The second kappa shape index (κ2) is 10.5. The van der Waals surface area contributed by atoms with Crippen LogP contribution in [0.25, 0.3) is 32.9 Å². The second-order valence-corrected chi connectivity index (χ2v) is 13.8. The summed E-state index contributed by atoms with van der Waals surface area (Å²) in [7, 11) is 0. The molecule has 6 heterocycles. The van der Waals surface area contributed by atoms with Crippen molar-refractivity contribution in [1.29, 1.82) is 0 Å². The Morgan fingerprint density at radius 3 is 2.67 bits per heavy atom. The van der Waals surface area contributed by atoms with E-state index in [0.29, 0.717) is 52.8 Å². The predicted octanol–water partition coefficient (Wildman–Crippen LogP) is 4.38. The van der Waals surface area contributed by atoms with Crippen LogP contribution in [0.3, 0.4) is 0 Å². The minimum absolute atomic E-state index is 0.0231. The molecule has 4 saturated heterocycles. The fourth-order valence-electron chi connectivity index (χ4n) is 8.08. The van der Waals surface area contributed by atoms with Gasteiger partial charge >= 0.3 is 6.01 Å². The number of hydrogen-bond acceptors (Lipinski definition) is 9. The number of nitrogens with one attached hydrogen (secondary N) is 1. The number of aromatic nitrogens is 3. The van der Waals surface area contributed by atoms with Gasteiger partial charge in [-0.15, -0.1) is 6.42 Å². The van der Waals surface area contributed by atoms with E-state index in [0.717, 1.165) is 64.9 Å². The zero-order valence-corrected chi connectivity index (χ0v) is 25.3. The Bertz CT molecular complexity index is 1930. The lowest BCUT2D eigenvalue weighted by molar-refractivity contribution is 0.0176. The Hall–Kier alpha value is -4.11. The third-order valence-electron chi connectivity index (χ3n) is 10.6. The van der Waals surface area contributed by atoms with E-state index in [1.807, 2.05) is 0 Å². The van der Waals surface area contributed by atoms with Gasteiger partial charge in [-0.25, -0.2) is 8.78 Å². The summed E-state index contributed by atoms with van der Waals surface area (Å²) in [4.78, 5) is 18.7. The Morgan fingerprint density at radius 2 is 1.96 bits per heavy atom. The SMILES string of the molecule is C#Cc1c(F)ccc2cc(O)cc(-c3ncc4c(N5CC6CCC(C5)N6)nc(OCC5(CN6C[C@@H]7C[C@H]6CO7)CC5)nc4c3F)c12. The van der Waals surface area contributed by atoms with Gasteiger partial charge < -0.3 is 24.8 Å². The molecule has 1 saturated carbocycles. The van der Waals surface area contributed by atoms with E-state index in [2.05, 4.69) is 31.0 Å². The van der Waals surface area contributed by atoms with E-state index in [-0.39, 0.29) is 39.5 Å². The minimum atomic E-state index is -0.711. The van der Waals surface area contributed by atoms with Crippen LogP contribution in [-0.4, -0.2) is 88.6 Å². The van der Waals surface area contributed by atoms with Gasteiger partial charge in [0.1, 0.15) is 28.6 Å². The fourth-order valence-corrected chi connectivity index (χ4v) is 8.08. The van der Waals surface area contributed by atoms with Crippen LogP contribution in [0.2, 0.25) is 0 Å². The van der Waals surface area contributed by atoms with Crippen molar-refractivity contribution in [3.05, 3.63) is 47.7 Å². The maximum absolute atomic E-state index is 16.8. The number of piperazine rings is 1. The molecule has 9 nitrogen and oxygen atoms in total. The number of anilines is 1. The van der Waals surface area contributed by atoms with Gasteiger partial charge in [-0.3, -0.25) is 9.88 Å². The Morgan fingerprint density at radius 1 is 1.13 bits per heavy atom. The molecule has 236 valence electrons. The maximum atomic E-state index is 16.8. The molecular weight excluding hydrogens is 590 g/mol. The molecule has 1 aliphatic carbocycles. The van der Waals surface area contributed by atoms with Crippen molar-refractivity contribution in [2.24, 2.45) is 5.41 Å². The summed E-state index contributed by atoms with van der Waals surface area (Å²) in [6, 6.07) is 6.84. The first kappa shape index (κ1) is 28.1. The number of aromatic hydroxyl groups is 1. The van der Waals surface area contributed by atoms with Crippen LogP contribution in [0.15, 0.2) is 30.5 Å². The standard InChI is InChI=1S/C35H34F2N6O3/c1-2-25-28(36)6-3-19-9-23(44)11-26(29(19)25)31-30(37)32-27(12-38-31)33(42-13-20-4-5-21(14-42)39-20)41-34(40-32)46-18-35(7-8-35)17-43-15-24-10-22(43)16-45-24/h1,3,6,9,11-12,20-22,24,39,44H,4-5,7-8,10,13-18H2/t20?,21?,22-,24-/m0/s1. The van der Waals surface area contributed by atoms with Gasteiger partial charge in [-0.05, 0) is 55.7 Å². The van der Waals surface area contributed by atoms with Crippen LogP contribution >= 0.6 is 0 Å². The zero-order chi connectivity index (χ0) is 31.2. The summed E-state index contributed by atoms with van der Waals surface area (Å²) >= 11 is 0. The highest BCUT2D eigenvalue weighted by atomic mass is 19.1. The number of nitrogens with zero attached hydrogens (tertiary/aromatic N) is 5. The lowest BCUT2D eigenvalue weighted by Gasteiger charge is -2.34. The van der Waals surface area contributed by atoms with Crippen LogP contribution in [0.4, 0.5) is 14.6 Å². The topological polar surface area (TPSA) is 95.9 Å². The molecule has 4 aromatic rings. The number of terminal acetylenes is 1. The van der Waals surface area contributed by atoms with Crippen molar-refractivity contribution in [2.45, 2.75) is 56.3 Å². The van der Waals surface area contributed by atoms with E-state index in [9.17, 15) is 9.50 Å². The number of phenolic OH excluding ortho intramolecular Hbond substituents is 1. The molecule has 9 rings (SSSR count). The van der Waals surface area contributed by atoms with E-state index in [1.54, 1.807) is 6.20 Å². The normalized spacial score (nSPS) is 26.2. The lowest BCUT2D eigenvalue weighted by Crippen LogP contribution is -2.51. The molecular formula is C35H34F2N6O3. The molecule has 4 bridgehead atoms. The van der Waals surface area contributed by atoms with Crippen molar-refractivity contribution in [1.82, 2.24) is 25.2 Å². The van der Waals surface area contributed by atoms with E-state index < -0.39 is 11.6 Å². The predicted molar refractivity (Wildman–Crippen MR) is 169 cm³/mol. The van der Waals surface area contributed by atoms with Gasteiger partial charge in [0, 0.05) is 66.9 Å². The Labute approximate surface area is 264 Å². The number of morpholine rings is 1. The van der Waals surface area contributed by atoms with E-state index in [1.165, 1.54) is 24.3 Å². The van der Waals surface area contributed by atoms with Crippen molar-refractivity contribution in [3.8, 4) is 35.4 Å². The summed E-state index contributed by atoms with van der Waals surface area (Å²) in [5.41, 5.74) is 0.159. The average molecular weight is 625 g/mol. The van der Waals surface area contributed by atoms with E-state index in [4.69, 9.17) is 20.9 Å². The summed E-state index contributed by atoms with van der Waals surface area (Å²) in [5.74, 6) is 1.55. The number of pyridine rings is 1. The highest BCUT2D eigenvalue weighted by Gasteiger charge is 2.49. The summed E-state index contributed by atoms with van der Waals surface area (Å²) in [6.45, 7) is 4.62. The second-order valence-electron chi connectivity index (χ2n) is 13.8. The third kappa shape index (κ3) is 4.65. The van der Waals surface area contributed by atoms with Gasteiger partial charge in [0.15, 0.2) is 5.82 Å². The highest BCUT2D eigenvalue weighted by molar-refractivity contribution is 6.03. The van der Waals surface area contributed by atoms with Crippen LogP contribution in [0, 0.1) is 29.4 Å². The van der Waals surface area contributed by atoms with Gasteiger partial charge in [-0.2, -0.15) is 9.97 Å². The number of fused-ring (bicyclic) bond motifs is 6. The van der Waals surface area contributed by atoms with Gasteiger partial charge in [0.05, 0.1) is 30.3 Å². The fraction of sp³-hybridized carbons (Fsp3) is 0.457. The van der Waals surface area contributed by atoms with Gasteiger partial charge in [-0.1, -0.05) is 12.0 Å². The third-order valence-corrected chi connectivity index (χ3v) is 10.6. The largest absolute Gasteiger partial charge is 0.508 e. The van der Waals surface area contributed by atoms with Crippen molar-refractivity contribution >= 4 is 27.5 Å². The van der Waals surface area contributed by atoms with Gasteiger partial charge in [0.2, 0.25) is 0 Å². The van der Waals surface area contributed by atoms with Gasteiger partial charge in [0.25, 0.3) is 0 Å². The number of halogens is 2. The molecule has 4 atom stereocenters. The molecule has 4 aliphatic heterocycles. The molecule has 2 unspecified atom stereocenters. The number of benzene rings is 2. The first-order chi connectivity index (χ1) is 22.4. The maximum Gasteiger partial charge on any atom is 0.319 e. The first-order valence-electron chi connectivity index (χ1n) is 16.1. The van der Waals surface area contributed by atoms with Crippen LogP contribution in [0.1, 0.15) is 37.7 Å². The zero-order valence-electron chi connectivity index (χ0n) is 25.3. The van der Waals surface area contributed by atoms with Crippen LogP contribution in [0.5, 0.6) is 11.8 Å². The Balaban J connectivity index is 1.13. The first-order valence-corrected chi connectivity index (χ1v) is 16.1. The Kier molecular flexibility index (Phi) is 6.40. The molecule has 5 aliphatic rings. The number of ether oxygens (including phenoxy) is 2. The average Bonchev–Trinajstić information content (AvgIpc) is 3.31. The van der Waals surface area contributed by atoms with E-state index >= 15 is 4.39 Å². The monoisotopic (exact) mass is 624 g/mol. The molecule has 0 radical (unpaired) electrons. The summed E-state index contributed by atoms with van der Waals surface area (Å²) < 4.78 is 43.8. The summed E-state index contributed by atoms with van der Waals surface area (Å²) in [5, 5.41) is 15.4. The molecule has 2 aromatic carbocycles. The molecule has 46 heavy (non-hydrogen) atoms. The van der Waals surface area contributed by atoms with Crippen molar-refractivity contribution in [2.75, 3.05) is 44.3 Å². The molecule has 2 N–H and O–H groups in total. The van der Waals surface area contributed by atoms with Crippen molar-refractivity contribution < 1.29 is 23.4 Å². The summed E-state index contributed by atoms with van der Waals surface area (Å²) in [6.07, 6.45) is 13.0. The van der Waals surface area contributed by atoms with Crippen LogP contribution < -0.4 is 15.0 Å². The number of phenols is 1. The quantitative estimate of drug-likeness (QED) is 0.291. The minimum Gasteiger partial charge on any atom is -0.508 e. The molecule has 0 spiro atoms. The number of rotatable bonds is 7. The highest BCUT2D eigenvalue weighted by Crippen LogP contribution is 2.48. The number of likely N-dealkylation sites (tertiary alicyclic amines) is 1. The molecule has 5 fully saturated rings. The van der Waals surface area contributed by atoms with Crippen molar-refractivity contribution in [3.63, 3.8) is 0 Å². The molecule has 2 aromatic heterocycles. The number of hydrogen-bond donors (Lipinski definition) is 2. The lowest BCUT2D eigenvalue weighted by atomic mass is 9.96. The smallest absolute Gasteiger partial charge is 0.319 e. The molecule has 0 amide bonds. The van der Waals surface area contributed by atoms with Crippen LogP contribution in [-0.2, 0) is 4.74 Å². The molecule has 11 heteroatoms.